The van der Waals surface area contributed by atoms with Gasteiger partial charge in [-0.2, -0.15) is 0 Å². The first kappa shape index (κ1) is 77.7. The van der Waals surface area contributed by atoms with Gasteiger partial charge in [0, 0.05) is 66.6 Å². The number of hydrogen-bond donors (Lipinski definition) is 2. The fourth-order valence-electron chi connectivity index (χ4n) is 12.1. The molecule has 578 valence electrons. The molecule has 2 aliphatic heterocycles. The molecule has 2 N–H and O–H groups in total. The highest BCUT2D eigenvalue weighted by Crippen LogP contribution is 2.54. The molecule has 2 aliphatic rings. The molecule has 0 spiro atoms. The minimum atomic E-state index is -3.53. The molecule has 0 aliphatic carbocycles. The number of benzene rings is 8. The molecule has 0 saturated heterocycles. The summed E-state index contributed by atoms with van der Waals surface area (Å²) in [5, 5.41) is 0. The van der Waals surface area contributed by atoms with E-state index >= 15 is 176 Å². The Hall–Kier alpha value is -12.4. The van der Waals surface area contributed by atoms with E-state index in [9.17, 15) is 0 Å². The second-order valence-corrected chi connectivity index (χ2v) is 22.8. The van der Waals surface area contributed by atoms with Gasteiger partial charge in [-0.25, -0.2) is 186 Å². The Kier molecular flexibility index (Phi) is 18.5. The van der Waals surface area contributed by atoms with Crippen LogP contribution in [0, 0.1) is 233 Å². The number of H-pyrrole nitrogens is 2. The Morgan fingerprint density at radius 1 is 0.125 bits per heavy atom. The van der Waals surface area contributed by atoms with Crippen LogP contribution in [0.25, 0.3) is 88.9 Å². The maximum Gasteiger partial charge on any atom is 0.200 e. The van der Waals surface area contributed by atoms with Crippen LogP contribution in [0.15, 0.2) is 24.3 Å². The van der Waals surface area contributed by atoms with Crippen molar-refractivity contribution in [2.24, 2.45) is 0 Å². The van der Waals surface area contributed by atoms with Gasteiger partial charge in [-0.3, -0.25) is 0 Å². The number of aromatic amines is 2. The summed E-state index contributed by atoms with van der Waals surface area (Å²) >= 11 is 0. The van der Waals surface area contributed by atoms with Gasteiger partial charge in [0.2, 0.25) is 46.5 Å². The molecule has 8 bridgehead atoms. The van der Waals surface area contributed by atoms with Crippen molar-refractivity contribution in [3.05, 3.63) is 302 Å². The van der Waals surface area contributed by atoms with Crippen LogP contribution >= 0.6 is 0 Å². The third-order valence-electron chi connectivity index (χ3n) is 16.9. The zero-order chi connectivity index (χ0) is 82.6. The largest absolute Gasteiger partial charge is 0.354 e. The first-order chi connectivity index (χ1) is 52.3. The van der Waals surface area contributed by atoms with E-state index in [1.807, 2.05) is 0 Å². The van der Waals surface area contributed by atoms with Crippen molar-refractivity contribution in [1.29, 1.82) is 0 Å². The number of fused-ring (bicyclic) bond motifs is 8. The van der Waals surface area contributed by atoms with Crippen LogP contribution in [-0.2, 0) is 0 Å². The molecule has 5 heterocycles. The standard InChI is InChI=1S/C68H6F40N4/c69-29-21(30(70)46(86)61(101)45(29)85)13-5-1-6-14(22-31(71)47(87)62(102)48(88)32(22)72)16(24-35(75)51(91)64(104)52(92)36(24)76)8(110-6)3-10-18(26-39(79)55(95)66(106)56(96)40(26)80)20(28-43(83)59(99)68(108)60(100)44(28)84)12(112-10)4-11-19(27-41(81)57(97)67(107)58(98)42(27)82)17(25-37(77)53(93)65(105)54(94)38(25)78)9(111-11)2-7(109-5)15(13)23-33(73)49(89)63(103)50(90)34(23)74/h1-4,109,112H. The Morgan fingerprint density at radius 3 is 0.339 bits per heavy atom. The van der Waals surface area contributed by atoms with E-state index in [-0.39, 0.29) is 0 Å². The molecule has 3 aromatic heterocycles. The molecule has 11 aromatic rings. The highest BCUT2D eigenvalue weighted by Gasteiger charge is 2.45. The van der Waals surface area contributed by atoms with Gasteiger partial charge in [-0.15, -0.1) is 0 Å². The Labute approximate surface area is 585 Å². The van der Waals surface area contributed by atoms with Crippen molar-refractivity contribution in [2.45, 2.75) is 0 Å². The van der Waals surface area contributed by atoms with E-state index in [1.165, 1.54) is 9.97 Å². The van der Waals surface area contributed by atoms with E-state index < -0.39 is 391 Å². The molecule has 0 fully saturated rings. The van der Waals surface area contributed by atoms with Gasteiger partial charge in [0.05, 0.1) is 67.3 Å². The van der Waals surface area contributed by atoms with Gasteiger partial charge >= 0.3 is 0 Å². The molecule has 4 nitrogen and oxygen atoms in total. The Bertz CT molecular complexity index is 5510. The minimum absolute atomic E-state index is 0.805. The molecule has 13 rings (SSSR count). The highest BCUT2D eigenvalue weighted by molar-refractivity contribution is 6.13. The van der Waals surface area contributed by atoms with Gasteiger partial charge in [-0.05, 0) is 24.3 Å². The number of rotatable bonds is 8. The summed E-state index contributed by atoms with van der Waals surface area (Å²) in [5.74, 6) is -140. The smallest absolute Gasteiger partial charge is 0.200 e. The predicted octanol–water partition coefficient (Wildman–Crippen LogP) is 22.6. The van der Waals surface area contributed by atoms with Crippen LogP contribution in [0.3, 0.4) is 0 Å². The van der Waals surface area contributed by atoms with Crippen molar-refractivity contribution in [1.82, 2.24) is 19.9 Å². The second-order valence-electron chi connectivity index (χ2n) is 22.8. The van der Waals surface area contributed by atoms with Gasteiger partial charge in [-0.1, -0.05) is 0 Å². The average molecular weight is 1640 g/mol. The predicted molar refractivity (Wildman–Crippen MR) is 297 cm³/mol. The fraction of sp³-hybridized carbons (Fsp3) is 0. The zero-order valence-corrected chi connectivity index (χ0v) is 51.3. The average Bonchev–Trinajstić information content (AvgIpc) is 1.55. The topological polar surface area (TPSA) is 57.4 Å². The Balaban J connectivity index is 1.50. The van der Waals surface area contributed by atoms with Crippen LogP contribution in [0.5, 0.6) is 0 Å². The lowest BCUT2D eigenvalue weighted by atomic mass is 9.89. The lowest BCUT2D eigenvalue weighted by Crippen LogP contribution is -2.10. The van der Waals surface area contributed by atoms with Gasteiger partial charge in [0.15, 0.2) is 186 Å². The maximum atomic E-state index is 17.0. The molecule has 44 heteroatoms. The molecule has 8 aromatic carbocycles. The van der Waals surface area contributed by atoms with E-state index in [4.69, 9.17) is 0 Å². The van der Waals surface area contributed by atoms with Crippen molar-refractivity contribution in [3.63, 3.8) is 0 Å². The molecule has 0 atom stereocenters. The van der Waals surface area contributed by atoms with Crippen molar-refractivity contribution in [2.75, 3.05) is 0 Å². The first-order valence-corrected chi connectivity index (χ1v) is 28.8. The van der Waals surface area contributed by atoms with Crippen molar-refractivity contribution in [3.8, 4) is 44.5 Å². The molecule has 0 radical (unpaired) electrons. The fourth-order valence-corrected chi connectivity index (χ4v) is 12.1. The third-order valence-corrected chi connectivity index (χ3v) is 16.9. The number of nitrogens with one attached hydrogen (secondary N) is 2. The summed E-state index contributed by atoms with van der Waals surface area (Å²) in [6, 6.07) is -3.22. The minimum Gasteiger partial charge on any atom is -0.354 e. The summed E-state index contributed by atoms with van der Waals surface area (Å²) in [5.41, 5.74) is -67.4. The SMILES string of the molecule is Fc1c(F)c(F)c(C2=C(c3c(F)c(F)c(F)c(F)c3F)c3cc4[nH]c(cc5nc(cc6[nH]c(cc2n3)c(-c2c(F)c(F)c(F)c(F)c2F)c6-c2c(F)c(F)c(F)c(F)c2F)C(c2c(F)c(F)c(F)c(F)c2F)=C5c2c(F)c(F)c(F)c(F)c2F)c(-c2c(F)c(F)c(F)c(F)c2F)c4-c2c(F)c(F)c(F)c(F)c2F)c(F)c1F. The lowest BCUT2D eigenvalue weighted by Gasteiger charge is -2.15. The molecular formula is C68H6F40N4. The van der Waals surface area contributed by atoms with Crippen LogP contribution in [0.4, 0.5) is 176 Å². The second kappa shape index (κ2) is 26.7. The summed E-state index contributed by atoms with van der Waals surface area (Å²) in [7, 11) is 0. The molecule has 0 amide bonds. The zero-order valence-electron chi connectivity index (χ0n) is 51.3. The monoisotopic (exact) mass is 1640 g/mol. The Morgan fingerprint density at radius 2 is 0.223 bits per heavy atom. The summed E-state index contributed by atoms with van der Waals surface area (Å²) in [4.78, 5) is 9.55. The molecule has 112 heavy (non-hydrogen) atoms. The third kappa shape index (κ3) is 10.7. The van der Waals surface area contributed by atoms with Crippen molar-refractivity contribution < 1.29 is 176 Å². The quantitative estimate of drug-likeness (QED) is 0.0905. The highest BCUT2D eigenvalue weighted by atomic mass is 19.2. The number of halogens is 40. The molecule has 0 unspecified atom stereocenters. The summed E-state index contributed by atoms with van der Waals surface area (Å²) in [6.45, 7) is 0. The number of nitrogens with zero attached hydrogens (tertiary/aromatic N) is 2. The summed E-state index contributed by atoms with van der Waals surface area (Å²) in [6.07, 6.45) is 0. The number of hydrogen-bond acceptors (Lipinski definition) is 2. The van der Waals surface area contributed by atoms with Gasteiger partial charge in [0.25, 0.3) is 0 Å². The van der Waals surface area contributed by atoms with Crippen LogP contribution in [0.2, 0.25) is 0 Å². The lowest BCUT2D eigenvalue weighted by molar-refractivity contribution is 0.375. The van der Waals surface area contributed by atoms with Crippen molar-refractivity contribution >= 4 is 44.4 Å². The van der Waals surface area contributed by atoms with E-state index in [0.717, 1.165) is 0 Å². The molecular weight excluding hydrogens is 1630 g/mol. The van der Waals surface area contributed by atoms with Gasteiger partial charge in [0.1, 0.15) is 0 Å². The molecule has 0 saturated carbocycles. The van der Waals surface area contributed by atoms with E-state index in [1.54, 1.807) is 0 Å². The van der Waals surface area contributed by atoms with E-state index in [2.05, 4.69) is 9.97 Å². The normalized spacial score (nSPS) is 12.6. The maximum absolute atomic E-state index is 17.0. The summed E-state index contributed by atoms with van der Waals surface area (Å²) < 4.78 is 647. The van der Waals surface area contributed by atoms with E-state index in [0.29, 0.717) is 0 Å². The van der Waals surface area contributed by atoms with Gasteiger partial charge < -0.3 is 9.97 Å². The van der Waals surface area contributed by atoms with Crippen LogP contribution in [-0.4, -0.2) is 19.9 Å². The van der Waals surface area contributed by atoms with Crippen LogP contribution < -0.4 is 0 Å². The number of aromatic nitrogens is 4. The first-order valence-electron chi connectivity index (χ1n) is 28.8. The van der Waals surface area contributed by atoms with Crippen LogP contribution in [0.1, 0.15) is 45.0 Å².